The van der Waals surface area contributed by atoms with E-state index >= 15 is 0 Å². The van der Waals surface area contributed by atoms with Gasteiger partial charge in [-0.1, -0.05) is 41.7 Å². The third-order valence-corrected chi connectivity index (χ3v) is 4.44. The molecule has 0 atom stereocenters. The number of para-hydroxylation sites is 1. The van der Waals surface area contributed by atoms with Gasteiger partial charge in [-0.3, -0.25) is 0 Å². The van der Waals surface area contributed by atoms with Crippen LogP contribution in [0.15, 0.2) is 48.5 Å². The van der Waals surface area contributed by atoms with Gasteiger partial charge < -0.3 is 4.74 Å². The van der Waals surface area contributed by atoms with Crippen molar-refractivity contribution in [2.75, 3.05) is 0 Å². The van der Waals surface area contributed by atoms with E-state index in [2.05, 4.69) is 20.4 Å². The number of thiazole rings is 1. The van der Waals surface area contributed by atoms with Crippen LogP contribution in [0.4, 0.5) is 0 Å². The number of ether oxygens (including phenoxy) is 1. The molecule has 24 heavy (non-hydrogen) atoms. The van der Waals surface area contributed by atoms with Crippen molar-refractivity contribution in [2.45, 2.75) is 6.61 Å². The predicted octanol–water partition coefficient (Wildman–Crippen LogP) is 3.53. The molecular weight excluding hydrogens is 322 g/mol. The van der Waals surface area contributed by atoms with E-state index < -0.39 is 0 Å². The third kappa shape index (κ3) is 2.71. The van der Waals surface area contributed by atoms with Gasteiger partial charge in [-0.15, -0.1) is 5.10 Å². The van der Waals surface area contributed by atoms with Crippen molar-refractivity contribution in [1.82, 2.24) is 20.4 Å². The van der Waals surface area contributed by atoms with Crippen molar-refractivity contribution in [1.29, 1.82) is 5.26 Å². The largest absolute Gasteiger partial charge is 0.465 e. The summed E-state index contributed by atoms with van der Waals surface area (Å²) in [4.78, 5) is 4.45. The van der Waals surface area contributed by atoms with E-state index in [0.717, 1.165) is 21.3 Å². The van der Waals surface area contributed by atoms with Gasteiger partial charge in [0, 0.05) is 5.56 Å². The van der Waals surface area contributed by atoms with Crippen LogP contribution in [-0.4, -0.2) is 20.4 Å². The van der Waals surface area contributed by atoms with E-state index in [1.54, 1.807) is 0 Å². The summed E-state index contributed by atoms with van der Waals surface area (Å²) >= 11 is 1.52. The zero-order valence-electron chi connectivity index (χ0n) is 12.4. The summed E-state index contributed by atoms with van der Waals surface area (Å²) in [5.74, 6) is 0. The van der Waals surface area contributed by atoms with E-state index in [9.17, 15) is 0 Å². The molecule has 0 spiro atoms. The lowest BCUT2D eigenvalue weighted by Gasteiger charge is -2.04. The van der Waals surface area contributed by atoms with E-state index in [4.69, 9.17) is 10.00 Å². The molecule has 2 heterocycles. The number of hydrogen-bond donors (Lipinski definition) is 1. The van der Waals surface area contributed by atoms with Crippen LogP contribution in [0.2, 0.25) is 0 Å². The molecule has 0 unspecified atom stereocenters. The van der Waals surface area contributed by atoms with E-state index in [-0.39, 0.29) is 5.69 Å². The number of fused-ring (bicyclic) bond motifs is 1. The summed E-state index contributed by atoms with van der Waals surface area (Å²) < 4.78 is 6.90. The van der Waals surface area contributed by atoms with Crippen molar-refractivity contribution >= 4 is 21.6 Å². The normalized spacial score (nSPS) is 10.6. The number of hydrogen-bond acceptors (Lipinski definition) is 6. The highest BCUT2D eigenvalue weighted by molar-refractivity contribution is 7.20. The fraction of sp³-hybridized carbons (Fsp3) is 0.0588. The third-order valence-electron chi connectivity index (χ3n) is 3.49. The first-order valence-corrected chi connectivity index (χ1v) is 8.04. The van der Waals surface area contributed by atoms with Crippen molar-refractivity contribution in [3.63, 3.8) is 0 Å². The van der Waals surface area contributed by atoms with Crippen LogP contribution in [0.25, 0.3) is 21.5 Å². The Labute approximate surface area is 141 Å². The quantitative estimate of drug-likeness (QED) is 0.617. The average molecular weight is 333 g/mol. The fourth-order valence-electron chi connectivity index (χ4n) is 2.38. The molecule has 6 nitrogen and oxygen atoms in total. The molecule has 4 rings (SSSR count). The Morgan fingerprint density at radius 3 is 2.92 bits per heavy atom. The van der Waals surface area contributed by atoms with Gasteiger partial charge in [-0.05, 0) is 23.8 Å². The maximum atomic E-state index is 9.06. The smallest absolute Gasteiger partial charge is 0.274 e. The van der Waals surface area contributed by atoms with E-state index in [1.807, 2.05) is 54.6 Å². The molecular formula is C17H11N5OS. The van der Waals surface area contributed by atoms with Crippen LogP contribution < -0.4 is 4.74 Å². The van der Waals surface area contributed by atoms with Crippen LogP contribution in [0.1, 0.15) is 11.3 Å². The van der Waals surface area contributed by atoms with Crippen molar-refractivity contribution < 1.29 is 4.74 Å². The second-order valence-corrected chi connectivity index (χ2v) is 6.06. The lowest BCUT2D eigenvalue weighted by Crippen LogP contribution is -1.95. The Morgan fingerprint density at radius 1 is 1.12 bits per heavy atom. The molecule has 7 heteroatoms. The summed E-state index contributed by atoms with van der Waals surface area (Å²) in [6.45, 7) is 0.396. The zero-order chi connectivity index (χ0) is 16.4. The lowest BCUT2D eigenvalue weighted by molar-refractivity contribution is 0.305. The average Bonchev–Trinajstić information content (AvgIpc) is 3.26. The van der Waals surface area contributed by atoms with Gasteiger partial charge >= 0.3 is 0 Å². The van der Waals surface area contributed by atoms with Crippen molar-refractivity contribution in [2.24, 2.45) is 0 Å². The molecule has 0 amide bonds. The minimum Gasteiger partial charge on any atom is -0.465 e. The predicted molar refractivity (Wildman–Crippen MR) is 90.5 cm³/mol. The Balaban J connectivity index is 1.55. The molecule has 0 radical (unpaired) electrons. The number of rotatable bonds is 4. The number of H-pyrrole nitrogens is 1. The number of nitriles is 1. The summed E-state index contributed by atoms with van der Waals surface area (Å²) in [6, 6.07) is 17.6. The Kier molecular flexibility index (Phi) is 3.65. The molecule has 0 saturated heterocycles. The first kappa shape index (κ1) is 14.4. The molecule has 0 aliphatic rings. The number of aromatic nitrogens is 4. The maximum absolute atomic E-state index is 9.06. The van der Waals surface area contributed by atoms with Gasteiger partial charge in [0.25, 0.3) is 5.19 Å². The number of benzene rings is 2. The summed E-state index contributed by atoms with van der Waals surface area (Å²) in [7, 11) is 0. The van der Waals surface area contributed by atoms with Gasteiger partial charge in [-0.2, -0.15) is 15.6 Å². The van der Waals surface area contributed by atoms with Crippen LogP contribution in [-0.2, 0) is 6.61 Å². The molecule has 0 saturated carbocycles. The highest BCUT2D eigenvalue weighted by Gasteiger charge is 2.10. The monoisotopic (exact) mass is 333 g/mol. The zero-order valence-corrected chi connectivity index (χ0v) is 13.2. The van der Waals surface area contributed by atoms with E-state index in [1.165, 1.54) is 11.3 Å². The first-order valence-electron chi connectivity index (χ1n) is 7.22. The summed E-state index contributed by atoms with van der Waals surface area (Å²) in [6.07, 6.45) is 0. The number of aromatic amines is 1. The number of nitrogens with one attached hydrogen (secondary N) is 1. The number of nitrogens with zero attached hydrogens (tertiary/aromatic N) is 4. The Morgan fingerprint density at radius 2 is 2.04 bits per heavy atom. The molecule has 4 aromatic rings. The topological polar surface area (TPSA) is 87.5 Å². The second kappa shape index (κ2) is 6.10. The molecule has 0 aliphatic carbocycles. The van der Waals surface area contributed by atoms with Crippen LogP contribution in [0.3, 0.4) is 0 Å². The minimum absolute atomic E-state index is 0.277. The van der Waals surface area contributed by atoms with E-state index in [0.29, 0.717) is 17.5 Å². The lowest BCUT2D eigenvalue weighted by atomic mass is 10.1. The highest BCUT2D eigenvalue weighted by atomic mass is 32.1. The standard InChI is InChI=1S/C17H11N5OS/c18-9-14-16(21-22-20-14)12-5-3-4-11(8-12)10-23-17-19-13-6-1-2-7-15(13)24-17/h1-8H,10H2,(H,20,21,22). The highest BCUT2D eigenvalue weighted by Crippen LogP contribution is 2.28. The molecule has 0 fully saturated rings. The van der Waals surface area contributed by atoms with Crippen molar-refractivity contribution in [3.05, 3.63) is 59.8 Å². The van der Waals surface area contributed by atoms with Crippen LogP contribution in [0, 0.1) is 11.3 Å². The van der Waals surface area contributed by atoms with Gasteiger partial charge in [0.1, 0.15) is 18.4 Å². The van der Waals surface area contributed by atoms with Gasteiger partial charge in [0.05, 0.1) is 10.2 Å². The van der Waals surface area contributed by atoms with Gasteiger partial charge in [0.15, 0.2) is 5.69 Å². The molecule has 2 aromatic heterocycles. The molecule has 1 N–H and O–H groups in total. The van der Waals surface area contributed by atoms with Crippen molar-refractivity contribution in [3.8, 4) is 22.5 Å². The summed E-state index contributed by atoms with van der Waals surface area (Å²) in [5, 5.41) is 20.0. The minimum atomic E-state index is 0.277. The summed E-state index contributed by atoms with van der Waals surface area (Å²) in [5.41, 5.74) is 3.55. The molecule has 2 aromatic carbocycles. The molecule has 0 bridgehead atoms. The SMILES string of the molecule is N#Cc1n[nH]nc1-c1cccc(COc2nc3ccccc3s2)c1. The first-order chi connectivity index (χ1) is 11.8. The Bertz CT molecular complexity index is 1010. The fourth-order valence-corrected chi connectivity index (χ4v) is 3.19. The molecule has 0 aliphatic heterocycles. The maximum Gasteiger partial charge on any atom is 0.274 e. The Hall–Kier alpha value is -3.24. The van der Waals surface area contributed by atoms with Gasteiger partial charge in [0.2, 0.25) is 0 Å². The van der Waals surface area contributed by atoms with Gasteiger partial charge in [-0.25, -0.2) is 4.98 Å². The second-order valence-electron chi connectivity index (χ2n) is 5.07. The van der Waals surface area contributed by atoms with Crippen LogP contribution >= 0.6 is 11.3 Å². The molecule has 116 valence electrons. The van der Waals surface area contributed by atoms with Crippen LogP contribution in [0.5, 0.6) is 5.19 Å².